The van der Waals surface area contributed by atoms with Crippen LogP contribution in [0.5, 0.6) is 0 Å². The average Bonchev–Trinajstić information content (AvgIpc) is 2.57. The van der Waals surface area contributed by atoms with Crippen molar-refractivity contribution in [1.82, 2.24) is 0 Å². The van der Waals surface area contributed by atoms with E-state index in [1.54, 1.807) is 0 Å². The van der Waals surface area contributed by atoms with Gasteiger partial charge in [-0.15, -0.1) is 0 Å². The Morgan fingerprint density at radius 2 is 0.900 bits per heavy atom. The third kappa shape index (κ3) is 3.81. The van der Waals surface area contributed by atoms with Gasteiger partial charge in [-0.1, -0.05) is 0 Å². The Morgan fingerprint density at radius 3 is 1.13 bits per heavy atom. The number of hydrogen-bond donors (Lipinski definition) is 4. The molecule has 2 atom stereocenters. The zero-order valence-electron chi connectivity index (χ0n) is 16.6. The molecule has 30 heavy (non-hydrogen) atoms. The SMILES string of the molecule is Cc1cc(-c2cc(C)c(N)c(C(C)(O)C(F)(F)F)c2)cc(C(C)(O)C(F)(F)F)c1N. The topological polar surface area (TPSA) is 92.5 Å². The molecule has 0 aliphatic carbocycles. The van der Waals surface area contributed by atoms with Crippen molar-refractivity contribution in [2.45, 2.75) is 51.2 Å². The molecule has 2 unspecified atom stereocenters. The van der Waals surface area contributed by atoms with Gasteiger partial charge in [0.2, 0.25) is 0 Å². The first-order valence-corrected chi connectivity index (χ1v) is 8.72. The van der Waals surface area contributed by atoms with Crippen LogP contribution in [-0.4, -0.2) is 22.6 Å². The molecule has 0 aliphatic rings. The van der Waals surface area contributed by atoms with Crippen LogP contribution in [0.1, 0.15) is 36.1 Å². The lowest BCUT2D eigenvalue weighted by molar-refractivity contribution is -0.258. The standard InChI is InChI=1S/C20H22F6N2O2/c1-9-5-11(7-13(15(9)27)17(3,29)19(21,22)23)12-6-10(2)16(28)14(8-12)18(4,30)20(24,25)26/h5-8,29-30H,27-28H2,1-4H3. The second-order valence-corrected chi connectivity index (χ2v) is 7.65. The highest BCUT2D eigenvalue weighted by molar-refractivity contribution is 5.75. The van der Waals surface area contributed by atoms with E-state index in [0.717, 1.165) is 12.1 Å². The van der Waals surface area contributed by atoms with Crippen LogP contribution in [0.2, 0.25) is 0 Å². The van der Waals surface area contributed by atoms with E-state index < -0.39 is 34.7 Å². The van der Waals surface area contributed by atoms with E-state index in [-0.39, 0.29) is 33.6 Å². The summed E-state index contributed by atoms with van der Waals surface area (Å²) in [4.78, 5) is 0. The number of benzene rings is 2. The molecule has 6 N–H and O–H groups in total. The fourth-order valence-electron chi connectivity index (χ4n) is 3.04. The number of alkyl halides is 6. The van der Waals surface area contributed by atoms with E-state index in [9.17, 15) is 36.6 Å². The predicted octanol–water partition coefficient (Wildman–Crippen LogP) is 4.67. The maximum absolute atomic E-state index is 13.4. The zero-order valence-corrected chi connectivity index (χ0v) is 16.6. The molecule has 0 spiro atoms. The summed E-state index contributed by atoms with van der Waals surface area (Å²) in [6.45, 7) is 3.89. The first-order chi connectivity index (χ1) is 13.3. The van der Waals surface area contributed by atoms with Crippen LogP contribution in [0, 0.1) is 13.8 Å². The van der Waals surface area contributed by atoms with E-state index >= 15 is 0 Å². The molecule has 2 aromatic carbocycles. The Kier molecular flexibility index (Phi) is 5.60. The fraction of sp³-hybridized carbons (Fsp3) is 0.400. The van der Waals surface area contributed by atoms with Gasteiger partial charge in [0.25, 0.3) is 0 Å². The summed E-state index contributed by atoms with van der Waals surface area (Å²) < 4.78 is 80.1. The van der Waals surface area contributed by atoms with Gasteiger partial charge < -0.3 is 21.7 Å². The van der Waals surface area contributed by atoms with E-state index in [2.05, 4.69) is 0 Å². The van der Waals surface area contributed by atoms with Crippen LogP contribution in [-0.2, 0) is 11.2 Å². The van der Waals surface area contributed by atoms with Crippen LogP contribution in [0.3, 0.4) is 0 Å². The van der Waals surface area contributed by atoms with Crippen molar-refractivity contribution < 1.29 is 36.6 Å². The molecule has 2 aromatic rings. The van der Waals surface area contributed by atoms with Gasteiger partial charge in [0, 0.05) is 22.5 Å². The second kappa shape index (κ2) is 7.05. The summed E-state index contributed by atoms with van der Waals surface area (Å²) in [5.41, 5.74) is 3.58. The molecule has 0 amide bonds. The minimum atomic E-state index is -5.05. The van der Waals surface area contributed by atoms with Crippen LogP contribution >= 0.6 is 0 Å². The highest BCUT2D eigenvalue weighted by Gasteiger charge is 2.53. The summed E-state index contributed by atoms with van der Waals surface area (Å²) in [5.74, 6) is 0. The maximum atomic E-state index is 13.4. The van der Waals surface area contributed by atoms with Crippen LogP contribution in [0.25, 0.3) is 11.1 Å². The molecule has 0 aliphatic heterocycles. The Labute approximate surface area is 169 Å². The lowest BCUT2D eigenvalue weighted by atomic mass is 9.85. The summed E-state index contributed by atoms with van der Waals surface area (Å²) in [6, 6.07) is 4.68. The fourth-order valence-corrected chi connectivity index (χ4v) is 3.04. The normalized spacial score (nSPS) is 16.8. The first kappa shape index (κ1) is 23.8. The molecular weight excluding hydrogens is 414 g/mol. The van der Waals surface area contributed by atoms with Gasteiger partial charge in [0.1, 0.15) is 0 Å². The van der Waals surface area contributed by atoms with Crippen molar-refractivity contribution in [3.8, 4) is 11.1 Å². The minimum Gasteiger partial charge on any atom is -0.398 e. The van der Waals surface area contributed by atoms with Gasteiger partial charge in [-0.05, 0) is 74.2 Å². The van der Waals surface area contributed by atoms with Gasteiger partial charge in [0.05, 0.1) is 0 Å². The number of hydrogen-bond acceptors (Lipinski definition) is 4. The number of nitrogen functional groups attached to an aromatic ring is 2. The Hall–Kier alpha value is -2.46. The highest BCUT2D eigenvalue weighted by Crippen LogP contribution is 2.45. The molecule has 2 rings (SSSR count). The Balaban J connectivity index is 2.81. The molecule has 10 heteroatoms. The lowest BCUT2D eigenvalue weighted by Crippen LogP contribution is -2.40. The van der Waals surface area contributed by atoms with Crippen molar-refractivity contribution in [1.29, 1.82) is 0 Å². The quantitative estimate of drug-likeness (QED) is 0.416. The van der Waals surface area contributed by atoms with Crippen LogP contribution < -0.4 is 11.5 Å². The lowest BCUT2D eigenvalue weighted by Gasteiger charge is -2.30. The molecule has 0 saturated heterocycles. The molecule has 0 heterocycles. The zero-order chi connectivity index (χ0) is 23.4. The van der Waals surface area contributed by atoms with E-state index in [0.29, 0.717) is 13.8 Å². The molecule has 0 fully saturated rings. The van der Waals surface area contributed by atoms with Crippen LogP contribution in [0.4, 0.5) is 37.7 Å². The van der Waals surface area contributed by atoms with E-state index in [1.165, 1.54) is 26.0 Å². The monoisotopic (exact) mass is 436 g/mol. The molecule has 0 saturated carbocycles. The third-order valence-electron chi connectivity index (χ3n) is 5.26. The van der Waals surface area contributed by atoms with E-state index in [4.69, 9.17) is 11.5 Å². The predicted molar refractivity (Wildman–Crippen MR) is 101 cm³/mol. The number of aliphatic hydroxyl groups is 2. The molecular formula is C20H22F6N2O2. The van der Waals surface area contributed by atoms with Crippen molar-refractivity contribution in [3.63, 3.8) is 0 Å². The third-order valence-corrected chi connectivity index (χ3v) is 5.26. The first-order valence-electron chi connectivity index (χ1n) is 8.72. The molecule has 4 nitrogen and oxygen atoms in total. The number of nitrogens with two attached hydrogens (primary N) is 2. The van der Waals surface area contributed by atoms with Crippen molar-refractivity contribution in [3.05, 3.63) is 46.5 Å². The number of aryl methyl sites for hydroxylation is 2. The largest absolute Gasteiger partial charge is 0.421 e. The second-order valence-electron chi connectivity index (χ2n) is 7.65. The van der Waals surface area contributed by atoms with Crippen LogP contribution in [0.15, 0.2) is 24.3 Å². The Bertz CT molecular complexity index is 899. The van der Waals surface area contributed by atoms with Gasteiger partial charge in [-0.3, -0.25) is 0 Å². The van der Waals surface area contributed by atoms with Gasteiger partial charge in [-0.25, -0.2) is 0 Å². The average molecular weight is 436 g/mol. The van der Waals surface area contributed by atoms with Crippen molar-refractivity contribution >= 4 is 11.4 Å². The summed E-state index contributed by atoms with van der Waals surface area (Å²) in [5, 5.41) is 20.1. The van der Waals surface area contributed by atoms with E-state index in [1.807, 2.05) is 0 Å². The van der Waals surface area contributed by atoms with Crippen molar-refractivity contribution in [2.24, 2.45) is 0 Å². The molecule has 0 radical (unpaired) electrons. The molecule has 166 valence electrons. The summed E-state index contributed by atoms with van der Waals surface area (Å²) in [7, 11) is 0. The highest BCUT2D eigenvalue weighted by atomic mass is 19.4. The summed E-state index contributed by atoms with van der Waals surface area (Å²) in [6.07, 6.45) is -10.1. The number of halogens is 6. The number of rotatable bonds is 3. The smallest absolute Gasteiger partial charge is 0.398 e. The number of anilines is 2. The van der Waals surface area contributed by atoms with Crippen molar-refractivity contribution in [2.75, 3.05) is 11.5 Å². The Morgan fingerprint density at radius 1 is 0.633 bits per heavy atom. The molecule has 0 aromatic heterocycles. The molecule has 0 bridgehead atoms. The van der Waals surface area contributed by atoms with Gasteiger partial charge in [0.15, 0.2) is 11.2 Å². The maximum Gasteiger partial charge on any atom is 0.421 e. The van der Waals surface area contributed by atoms with Gasteiger partial charge in [-0.2, -0.15) is 26.3 Å². The minimum absolute atomic E-state index is 0.0727. The van der Waals surface area contributed by atoms with Gasteiger partial charge >= 0.3 is 12.4 Å². The summed E-state index contributed by atoms with van der Waals surface area (Å²) >= 11 is 0.